The van der Waals surface area contributed by atoms with E-state index in [0.717, 1.165) is 6.54 Å². The van der Waals surface area contributed by atoms with Crippen LogP contribution in [0.15, 0.2) is 18.7 Å². The number of nitrogens with zero attached hydrogens (tertiary/aromatic N) is 3. The molecule has 0 spiro atoms. The van der Waals surface area contributed by atoms with Crippen LogP contribution in [0.3, 0.4) is 0 Å². The third kappa shape index (κ3) is 2.08. The summed E-state index contributed by atoms with van der Waals surface area (Å²) in [5, 5.41) is 0. The third-order valence-electron chi connectivity index (χ3n) is 2.34. The zero-order chi connectivity index (χ0) is 9.19. The fourth-order valence-corrected chi connectivity index (χ4v) is 0.968. The molecule has 3 nitrogen and oxygen atoms in total. The van der Waals surface area contributed by atoms with E-state index in [9.17, 15) is 0 Å². The molecule has 0 bridgehead atoms. The molecule has 0 aromatic carbocycles. The van der Waals surface area contributed by atoms with Crippen LogP contribution in [0.4, 0.5) is 0 Å². The van der Waals surface area contributed by atoms with Gasteiger partial charge in [0.1, 0.15) is 0 Å². The number of rotatable bonds is 3. The van der Waals surface area contributed by atoms with Crippen LogP contribution >= 0.6 is 0 Å². The maximum Gasteiger partial charge on any atom is 0.0946 e. The second kappa shape index (κ2) is 3.27. The molecule has 0 saturated carbocycles. The summed E-state index contributed by atoms with van der Waals surface area (Å²) in [5.74, 6) is 0. The molecule has 0 unspecified atom stereocenters. The average Bonchev–Trinajstić information content (AvgIpc) is 2.38. The molecule has 0 aliphatic carbocycles. The lowest BCUT2D eigenvalue weighted by atomic mass is 10.0. The van der Waals surface area contributed by atoms with Crippen LogP contribution in [-0.4, -0.2) is 34.1 Å². The fourth-order valence-electron chi connectivity index (χ4n) is 0.968. The Labute approximate surface area is 74.0 Å². The standard InChI is InChI=1S/C9H17N3/c1-9(2,11(3)4)7-12-6-5-10-8-12/h5-6,8H,7H2,1-4H3. The summed E-state index contributed by atoms with van der Waals surface area (Å²) in [7, 11) is 4.19. The first kappa shape index (κ1) is 9.26. The maximum atomic E-state index is 4.01. The van der Waals surface area contributed by atoms with Crippen LogP contribution in [0.1, 0.15) is 13.8 Å². The first-order valence-electron chi connectivity index (χ1n) is 4.15. The predicted molar refractivity (Wildman–Crippen MR) is 50.0 cm³/mol. The first-order valence-corrected chi connectivity index (χ1v) is 4.15. The van der Waals surface area contributed by atoms with Gasteiger partial charge in [-0.15, -0.1) is 0 Å². The van der Waals surface area contributed by atoms with E-state index in [1.807, 2.05) is 18.7 Å². The Morgan fingerprint density at radius 3 is 2.50 bits per heavy atom. The van der Waals surface area contributed by atoms with Crippen molar-refractivity contribution in [3.8, 4) is 0 Å². The van der Waals surface area contributed by atoms with Crippen molar-refractivity contribution in [2.45, 2.75) is 25.9 Å². The Morgan fingerprint density at radius 1 is 1.42 bits per heavy atom. The molecule has 0 radical (unpaired) electrons. The van der Waals surface area contributed by atoms with Crippen LogP contribution in [0.25, 0.3) is 0 Å². The number of likely N-dealkylation sites (N-methyl/N-ethyl adjacent to an activating group) is 1. The molecule has 0 saturated heterocycles. The lowest BCUT2D eigenvalue weighted by Gasteiger charge is -2.32. The van der Waals surface area contributed by atoms with Crippen LogP contribution in [-0.2, 0) is 6.54 Å². The zero-order valence-corrected chi connectivity index (χ0v) is 8.28. The van der Waals surface area contributed by atoms with Gasteiger partial charge < -0.3 is 9.47 Å². The Kier molecular flexibility index (Phi) is 2.52. The normalized spacial score (nSPS) is 12.4. The molecule has 0 aliphatic heterocycles. The Bertz CT molecular complexity index is 224. The molecule has 1 aromatic heterocycles. The number of hydrogen-bond donors (Lipinski definition) is 0. The smallest absolute Gasteiger partial charge is 0.0946 e. The minimum Gasteiger partial charge on any atom is -0.336 e. The monoisotopic (exact) mass is 167 g/mol. The summed E-state index contributed by atoms with van der Waals surface area (Å²) in [6, 6.07) is 0. The molecule has 3 heteroatoms. The number of imidazole rings is 1. The highest BCUT2D eigenvalue weighted by molar-refractivity contribution is 4.82. The van der Waals surface area contributed by atoms with E-state index in [0.29, 0.717) is 0 Å². The summed E-state index contributed by atoms with van der Waals surface area (Å²) in [6.07, 6.45) is 5.66. The molecule has 1 rings (SSSR count). The average molecular weight is 167 g/mol. The van der Waals surface area contributed by atoms with Crippen molar-refractivity contribution < 1.29 is 0 Å². The summed E-state index contributed by atoms with van der Waals surface area (Å²) >= 11 is 0. The van der Waals surface area contributed by atoms with Crippen molar-refractivity contribution in [3.63, 3.8) is 0 Å². The van der Waals surface area contributed by atoms with Gasteiger partial charge in [0.2, 0.25) is 0 Å². The molecule has 0 fully saturated rings. The van der Waals surface area contributed by atoms with Gasteiger partial charge in [0.05, 0.1) is 6.33 Å². The molecule has 1 aromatic rings. The topological polar surface area (TPSA) is 21.1 Å². The van der Waals surface area contributed by atoms with Gasteiger partial charge in [-0.05, 0) is 27.9 Å². The van der Waals surface area contributed by atoms with Crippen molar-refractivity contribution in [1.82, 2.24) is 14.5 Å². The van der Waals surface area contributed by atoms with E-state index >= 15 is 0 Å². The Morgan fingerprint density at radius 2 is 2.08 bits per heavy atom. The summed E-state index contributed by atoms with van der Waals surface area (Å²) in [6.45, 7) is 5.40. The largest absolute Gasteiger partial charge is 0.336 e. The minimum atomic E-state index is 0.181. The molecule has 1 heterocycles. The molecule has 68 valence electrons. The van der Waals surface area contributed by atoms with E-state index in [1.165, 1.54) is 0 Å². The SMILES string of the molecule is CN(C)C(C)(C)Cn1ccnc1. The van der Waals surface area contributed by atoms with Crippen molar-refractivity contribution in [1.29, 1.82) is 0 Å². The lowest BCUT2D eigenvalue weighted by molar-refractivity contribution is 0.169. The molecule has 0 atom stereocenters. The van der Waals surface area contributed by atoms with Crippen LogP contribution in [0.2, 0.25) is 0 Å². The highest BCUT2D eigenvalue weighted by Gasteiger charge is 2.20. The molecular formula is C9H17N3. The quantitative estimate of drug-likeness (QED) is 0.675. The summed E-state index contributed by atoms with van der Waals surface area (Å²) < 4.78 is 2.10. The van der Waals surface area contributed by atoms with Crippen LogP contribution in [0, 0.1) is 0 Å². The van der Waals surface area contributed by atoms with Crippen LogP contribution < -0.4 is 0 Å². The third-order valence-corrected chi connectivity index (χ3v) is 2.34. The fraction of sp³-hybridized carbons (Fsp3) is 0.667. The Hall–Kier alpha value is -0.830. The number of hydrogen-bond acceptors (Lipinski definition) is 2. The zero-order valence-electron chi connectivity index (χ0n) is 8.28. The maximum absolute atomic E-state index is 4.01. The van der Waals surface area contributed by atoms with Crippen molar-refractivity contribution in [2.75, 3.05) is 14.1 Å². The van der Waals surface area contributed by atoms with Gasteiger partial charge in [0, 0.05) is 24.5 Å². The highest BCUT2D eigenvalue weighted by atomic mass is 15.2. The molecule has 0 N–H and O–H groups in total. The lowest BCUT2D eigenvalue weighted by Crippen LogP contribution is -2.41. The molecule has 0 aliphatic rings. The van der Waals surface area contributed by atoms with Gasteiger partial charge in [-0.2, -0.15) is 0 Å². The van der Waals surface area contributed by atoms with Gasteiger partial charge >= 0.3 is 0 Å². The molecule has 0 amide bonds. The second-order valence-corrected chi connectivity index (χ2v) is 3.94. The summed E-state index contributed by atoms with van der Waals surface area (Å²) in [4.78, 5) is 6.23. The van der Waals surface area contributed by atoms with Gasteiger partial charge in [0.25, 0.3) is 0 Å². The van der Waals surface area contributed by atoms with Crippen molar-refractivity contribution in [3.05, 3.63) is 18.7 Å². The number of aromatic nitrogens is 2. The van der Waals surface area contributed by atoms with E-state index in [2.05, 4.69) is 42.4 Å². The van der Waals surface area contributed by atoms with Gasteiger partial charge in [-0.1, -0.05) is 0 Å². The van der Waals surface area contributed by atoms with Gasteiger partial charge in [-0.3, -0.25) is 0 Å². The van der Waals surface area contributed by atoms with E-state index in [-0.39, 0.29) is 5.54 Å². The molecule has 12 heavy (non-hydrogen) atoms. The van der Waals surface area contributed by atoms with E-state index in [4.69, 9.17) is 0 Å². The first-order chi connectivity index (χ1) is 5.52. The highest BCUT2D eigenvalue weighted by Crippen LogP contribution is 2.12. The van der Waals surface area contributed by atoms with Crippen molar-refractivity contribution in [2.24, 2.45) is 0 Å². The summed E-state index contributed by atoms with van der Waals surface area (Å²) in [5.41, 5.74) is 0.181. The van der Waals surface area contributed by atoms with Crippen molar-refractivity contribution >= 4 is 0 Å². The molecular weight excluding hydrogens is 150 g/mol. The minimum absolute atomic E-state index is 0.181. The van der Waals surface area contributed by atoms with E-state index < -0.39 is 0 Å². The predicted octanol–water partition coefficient (Wildman–Crippen LogP) is 1.22. The van der Waals surface area contributed by atoms with Gasteiger partial charge in [0.15, 0.2) is 0 Å². The Balaban J connectivity index is 2.62. The van der Waals surface area contributed by atoms with Gasteiger partial charge in [-0.25, -0.2) is 4.98 Å². The van der Waals surface area contributed by atoms with Crippen LogP contribution in [0.5, 0.6) is 0 Å². The van der Waals surface area contributed by atoms with E-state index in [1.54, 1.807) is 0 Å². The second-order valence-electron chi connectivity index (χ2n) is 3.94.